The third kappa shape index (κ3) is 4.35. The number of ether oxygens (including phenoxy) is 4. The molecule has 2 aliphatic heterocycles. The van der Waals surface area contributed by atoms with Gasteiger partial charge < -0.3 is 23.5 Å². The van der Waals surface area contributed by atoms with Gasteiger partial charge in [-0.2, -0.15) is 8.42 Å². The normalized spacial score (nSPS) is 19.4. The molecule has 1 N–H and O–H groups in total. The molecule has 6 rings (SSSR count). The Kier molecular flexibility index (Phi) is 6.60. The van der Waals surface area contributed by atoms with Crippen molar-refractivity contribution >= 4 is 50.1 Å². The van der Waals surface area contributed by atoms with Crippen molar-refractivity contribution in [1.29, 1.82) is 0 Å². The molecule has 11 nitrogen and oxygen atoms in total. The molecular weight excluding hydrogens is 607 g/mol. The van der Waals surface area contributed by atoms with E-state index in [4.69, 9.17) is 42.1 Å². The number of halogens is 2. The Morgan fingerprint density at radius 3 is 2.38 bits per heavy atom. The molecule has 0 radical (unpaired) electrons. The van der Waals surface area contributed by atoms with Gasteiger partial charge in [0.05, 0.1) is 12.8 Å². The Bertz CT molecular complexity index is 1910. The van der Waals surface area contributed by atoms with Gasteiger partial charge in [-0.15, -0.1) is 0 Å². The summed E-state index contributed by atoms with van der Waals surface area (Å²) in [5, 5.41) is -1.45. The van der Waals surface area contributed by atoms with Gasteiger partial charge in [-0.25, -0.2) is 9.98 Å². The summed E-state index contributed by atoms with van der Waals surface area (Å²) in [5.74, 6) is -0.303. The number of fused-ring (bicyclic) bond motifs is 4. The van der Waals surface area contributed by atoms with Crippen molar-refractivity contribution in [2.45, 2.75) is 16.2 Å². The van der Waals surface area contributed by atoms with Gasteiger partial charge in [-0.1, -0.05) is 41.4 Å². The molecule has 0 saturated heterocycles. The lowest BCUT2D eigenvalue weighted by Crippen LogP contribution is -2.44. The van der Waals surface area contributed by atoms with Crippen molar-refractivity contribution in [1.82, 2.24) is 0 Å². The number of nitrogens with zero attached hydrogens (tertiary/aromatic N) is 2. The fourth-order valence-corrected chi connectivity index (χ4v) is 6.45. The average molecular weight is 622 g/mol. The zero-order valence-corrected chi connectivity index (χ0v) is 23.2. The minimum atomic E-state index is -4.90. The second-order valence-corrected chi connectivity index (χ2v) is 11.7. The van der Waals surface area contributed by atoms with Crippen LogP contribution in [0.5, 0.6) is 28.7 Å². The first-order chi connectivity index (χ1) is 19.1. The third-order valence-electron chi connectivity index (χ3n) is 6.16. The number of benzene rings is 3. The SMILES string of the molecule is COC1=CC=C2N=c3c(Cl)c4c(c(Cl)c3OC2C1S(=O)[O-])=Nc1ccc(Oc2ccccc2)c(S(=O)(=O)O)c1O4. The number of para-hydroxylation sites is 1. The maximum atomic E-state index is 12.5. The summed E-state index contributed by atoms with van der Waals surface area (Å²) >= 11 is 10.7. The van der Waals surface area contributed by atoms with Crippen LogP contribution in [0.1, 0.15) is 0 Å². The molecule has 40 heavy (non-hydrogen) atoms. The molecule has 0 fully saturated rings. The first kappa shape index (κ1) is 26.7. The lowest BCUT2D eigenvalue weighted by Gasteiger charge is -2.35. The summed E-state index contributed by atoms with van der Waals surface area (Å²) < 4.78 is 82.0. The van der Waals surface area contributed by atoms with E-state index in [0.29, 0.717) is 5.75 Å². The molecular formula is C25H15Cl2N2O9S2-. The van der Waals surface area contributed by atoms with Crippen LogP contribution in [-0.2, 0) is 25.9 Å². The maximum Gasteiger partial charge on any atom is 0.302 e. The van der Waals surface area contributed by atoms with Crippen LogP contribution in [-0.4, -0.2) is 40.2 Å². The first-order valence-corrected chi connectivity index (χ1v) is 14.7. The lowest BCUT2D eigenvalue weighted by molar-refractivity contribution is 0.182. The van der Waals surface area contributed by atoms with Gasteiger partial charge in [0, 0.05) is 0 Å². The van der Waals surface area contributed by atoms with Crippen molar-refractivity contribution in [3.05, 3.63) is 86.8 Å². The van der Waals surface area contributed by atoms with Crippen LogP contribution in [0.4, 0.5) is 5.69 Å². The van der Waals surface area contributed by atoms with E-state index in [9.17, 15) is 21.7 Å². The van der Waals surface area contributed by atoms with Crippen LogP contribution < -0.4 is 24.9 Å². The van der Waals surface area contributed by atoms with Crippen LogP contribution >= 0.6 is 23.2 Å². The van der Waals surface area contributed by atoms with Crippen LogP contribution in [0.15, 0.2) is 81.0 Å². The van der Waals surface area contributed by atoms with E-state index in [1.807, 2.05) is 0 Å². The minimum Gasteiger partial charge on any atom is -0.772 e. The van der Waals surface area contributed by atoms with E-state index in [-0.39, 0.29) is 60.9 Å². The van der Waals surface area contributed by atoms with Gasteiger partial charge in [0.2, 0.25) is 0 Å². The van der Waals surface area contributed by atoms with Crippen LogP contribution in [0.25, 0.3) is 0 Å². The number of rotatable bonds is 5. The summed E-state index contributed by atoms with van der Waals surface area (Å²) in [7, 11) is -3.56. The number of hydrogen-bond donors (Lipinski definition) is 1. The van der Waals surface area contributed by atoms with Crippen LogP contribution in [0.2, 0.25) is 10.0 Å². The molecule has 206 valence electrons. The van der Waals surface area contributed by atoms with Crippen LogP contribution in [0, 0.1) is 0 Å². The zero-order chi connectivity index (χ0) is 28.3. The number of hydrogen-bond acceptors (Lipinski definition) is 10. The Morgan fingerprint density at radius 2 is 1.70 bits per heavy atom. The van der Waals surface area contributed by atoms with Crippen LogP contribution in [0.3, 0.4) is 0 Å². The van der Waals surface area contributed by atoms with Crippen molar-refractivity contribution < 1.29 is 40.7 Å². The number of methoxy groups -OCH3 is 1. The lowest BCUT2D eigenvalue weighted by atomic mass is 10.0. The van der Waals surface area contributed by atoms with Crippen molar-refractivity contribution in [2.75, 3.05) is 7.11 Å². The fraction of sp³-hybridized carbons (Fsp3) is 0.120. The molecule has 3 aliphatic rings. The molecule has 2 heterocycles. The Hall–Kier alpha value is -3.46. The van der Waals surface area contributed by atoms with Gasteiger partial charge in [0.15, 0.2) is 34.0 Å². The quantitative estimate of drug-likeness (QED) is 0.255. The van der Waals surface area contributed by atoms with E-state index in [0.717, 1.165) is 0 Å². The van der Waals surface area contributed by atoms with Gasteiger partial charge in [0.1, 0.15) is 43.2 Å². The average Bonchev–Trinajstić information content (AvgIpc) is 2.93. The predicted octanol–water partition coefficient (Wildman–Crippen LogP) is 4.15. The minimum absolute atomic E-state index is 0.00686. The van der Waals surface area contributed by atoms with E-state index < -0.39 is 37.4 Å². The fourth-order valence-electron chi connectivity index (χ4n) is 4.43. The molecule has 15 heteroatoms. The van der Waals surface area contributed by atoms with E-state index in [1.165, 1.54) is 31.4 Å². The molecule has 3 unspecified atom stereocenters. The molecule has 3 aromatic carbocycles. The summed E-state index contributed by atoms with van der Waals surface area (Å²) in [4.78, 5) is 8.22. The molecule has 0 spiro atoms. The largest absolute Gasteiger partial charge is 0.772 e. The van der Waals surface area contributed by atoms with Gasteiger partial charge >= 0.3 is 10.1 Å². The van der Waals surface area contributed by atoms with E-state index in [1.54, 1.807) is 30.3 Å². The van der Waals surface area contributed by atoms with Crippen molar-refractivity contribution in [2.24, 2.45) is 9.98 Å². The molecule has 3 aromatic rings. The van der Waals surface area contributed by atoms with Gasteiger partial charge in [-0.05, 0) is 47.5 Å². The first-order valence-electron chi connectivity index (χ1n) is 11.3. The Balaban J connectivity index is 1.54. The number of allylic oxidation sites excluding steroid dienone is 2. The standard InChI is InChI=1S/C25H16Cl2N2O9S2/c1-35-14-9-7-12-20(24(14)39(30)31)37-22-16(26)19-23(17(27)18(22)28-12)38-21-13(29-19)8-10-15(25(21)40(32,33)34)36-11-5-3-2-4-6-11/h2-10,20,24H,1H3,(H,30,31)(H,32,33,34)/p-1. The summed E-state index contributed by atoms with van der Waals surface area (Å²) in [6.45, 7) is 0. The maximum absolute atomic E-state index is 12.5. The zero-order valence-electron chi connectivity index (χ0n) is 20.0. The van der Waals surface area contributed by atoms with Gasteiger partial charge in [0.25, 0.3) is 0 Å². The summed E-state index contributed by atoms with van der Waals surface area (Å²) in [5.41, 5.74) is 0.221. The van der Waals surface area contributed by atoms with Crippen molar-refractivity contribution in [3.63, 3.8) is 0 Å². The molecule has 3 atom stereocenters. The molecule has 0 saturated carbocycles. The molecule has 0 aromatic heterocycles. The third-order valence-corrected chi connectivity index (χ3v) is 8.66. The molecule has 0 bridgehead atoms. The second kappa shape index (κ2) is 9.87. The highest BCUT2D eigenvalue weighted by molar-refractivity contribution is 7.86. The topological polar surface area (TPSA) is 156 Å². The van der Waals surface area contributed by atoms with Gasteiger partial charge in [-0.3, -0.25) is 8.76 Å². The van der Waals surface area contributed by atoms with E-state index in [2.05, 4.69) is 9.98 Å². The summed E-state index contributed by atoms with van der Waals surface area (Å²) in [6, 6.07) is 11.0. The van der Waals surface area contributed by atoms with Crippen molar-refractivity contribution in [3.8, 4) is 28.7 Å². The Labute approximate surface area is 239 Å². The highest BCUT2D eigenvalue weighted by atomic mass is 35.5. The van der Waals surface area contributed by atoms with E-state index >= 15 is 0 Å². The summed E-state index contributed by atoms with van der Waals surface area (Å²) in [6.07, 6.45) is 1.88. The second-order valence-electron chi connectivity index (χ2n) is 8.52. The predicted molar refractivity (Wildman–Crippen MR) is 142 cm³/mol. The smallest absolute Gasteiger partial charge is 0.302 e. The molecule has 0 amide bonds. The highest BCUT2D eigenvalue weighted by Gasteiger charge is 2.39. The monoisotopic (exact) mass is 621 g/mol. The highest BCUT2D eigenvalue weighted by Crippen LogP contribution is 2.47. The Morgan fingerprint density at radius 1 is 1.00 bits per heavy atom. The molecule has 1 aliphatic carbocycles.